The Hall–Kier alpha value is -0.730. The van der Waals surface area contributed by atoms with Gasteiger partial charge >= 0.3 is 0 Å². The van der Waals surface area contributed by atoms with Crippen LogP contribution in [0, 0.1) is 0 Å². The Morgan fingerprint density at radius 2 is 1.91 bits per heavy atom. The molecule has 0 aliphatic heterocycles. The van der Waals surface area contributed by atoms with E-state index in [2.05, 4.69) is 0 Å². The van der Waals surface area contributed by atoms with Gasteiger partial charge in [-0.15, -0.1) is 0 Å². The number of hydrogen-bond donors (Lipinski definition) is 1. The van der Waals surface area contributed by atoms with Crippen LogP contribution in [-0.4, -0.2) is 10.9 Å². The zero-order valence-electron chi connectivity index (χ0n) is 6.45. The quantitative estimate of drug-likeness (QED) is 0.533. The van der Waals surface area contributed by atoms with Gasteiger partial charge in [-0.05, 0) is 12.5 Å². The molecule has 1 unspecified atom stereocenters. The standard InChI is InChI=1S/C9H11NS/c1-7(10)9(11)8-5-3-2-4-6-8/h2-7H,10H2,1H3. The molecule has 0 saturated carbocycles. The molecule has 0 saturated heterocycles. The minimum atomic E-state index is -0.0348. The topological polar surface area (TPSA) is 26.0 Å². The monoisotopic (exact) mass is 165 g/mol. The lowest BCUT2D eigenvalue weighted by atomic mass is 10.1. The van der Waals surface area contributed by atoms with E-state index in [0.29, 0.717) is 0 Å². The fourth-order valence-corrected chi connectivity index (χ4v) is 1.00. The summed E-state index contributed by atoms with van der Waals surface area (Å²) < 4.78 is 0. The molecule has 2 heteroatoms. The Kier molecular flexibility index (Phi) is 2.74. The Balaban J connectivity index is 2.86. The number of thiocarbonyl (C=S) groups is 1. The molecule has 58 valence electrons. The molecule has 0 aromatic heterocycles. The highest BCUT2D eigenvalue weighted by molar-refractivity contribution is 7.81. The van der Waals surface area contributed by atoms with E-state index in [1.165, 1.54) is 0 Å². The third-order valence-electron chi connectivity index (χ3n) is 1.47. The Morgan fingerprint density at radius 3 is 2.36 bits per heavy atom. The molecule has 0 fully saturated rings. The van der Waals surface area contributed by atoms with Crippen molar-refractivity contribution in [1.29, 1.82) is 0 Å². The summed E-state index contributed by atoms with van der Waals surface area (Å²) in [6.07, 6.45) is 0. The Bertz CT molecular complexity index is 241. The molecule has 1 nitrogen and oxygen atoms in total. The van der Waals surface area contributed by atoms with Crippen molar-refractivity contribution in [1.82, 2.24) is 0 Å². The summed E-state index contributed by atoms with van der Waals surface area (Å²) in [5, 5.41) is 0. The van der Waals surface area contributed by atoms with Crippen molar-refractivity contribution in [3.63, 3.8) is 0 Å². The molecule has 0 bridgehead atoms. The van der Waals surface area contributed by atoms with Crippen molar-refractivity contribution in [2.24, 2.45) is 5.73 Å². The van der Waals surface area contributed by atoms with Gasteiger partial charge < -0.3 is 5.73 Å². The molecule has 0 spiro atoms. The van der Waals surface area contributed by atoms with E-state index < -0.39 is 0 Å². The van der Waals surface area contributed by atoms with Crippen molar-refractivity contribution in [3.05, 3.63) is 35.9 Å². The first-order valence-corrected chi connectivity index (χ1v) is 3.97. The van der Waals surface area contributed by atoms with Crippen LogP contribution in [0.4, 0.5) is 0 Å². The first kappa shape index (κ1) is 8.37. The fourth-order valence-electron chi connectivity index (χ4n) is 0.865. The summed E-state index contributed by atoms with van der Waals surface area (Å²) in [7, 11) is 0. The second-order valence-corrected chi connectivity index (χ2v) is 2.96. The first-order valence-electron chi connectivity index (χ1n) is 3.56. The fraction of sp³-hybridized carbons (Fsp3) is 0.222. The van der Waals surface area contributed by atoms with Crippen molar-refractivity contribution >= 4 is 17.1 Å². The summed E-state index contributed by atoms with van der Waals surface area (Å²) in [5.41, 5.74) is 6.68. The van der Waals surface area contributed by atoms with E-state index in [9.17, 15) is 0 Å². The maximum absolute atomic E-state index is 5.63. The largest absolute Gasteiger partial charge is 0.323 e. The van der Waals surface area contributed by atoms with Gasteiger partial charge in [0.1, 0.15) is 0 Å². The predicted octanol–water partition coefficient (Wildman–Crippen LogP) is 1.75. The molecular formula is C9H11NS. The lowest BCUT2D eigenvalue weighted by molar-refractivity contribution is 0.991. The van der Waals surface area contributed by atoms with Crippen molar-refractivity contribution in [2.75, 3.05) is 0 Å². The second-order valence-electron chi connectivity index (χ2n) is 2.52. The normalized spacial score (nSPS) is 12.5. The lowest BCUT2D eigenvalue weighted by Gasteiger charge is -2.06. The average molecular weight is 165 g/mol. The zero-order chi connectivity index (χ0) is 8.27. The smallest absolute Gasteiger partial charge is 0.0389 e. The van der Waals surface area contributed by atoms with Gasteiger partial charge in [0.2, 0.25) is 0 Å². The van der Waals surface area contributed by atoms with Crippen LogP contribution in [0.1, 0.15) is 12.5 Å². The summed E-state index contributed by atoms with van der Waals surface area (Å²) >= 11 is 5.12. The van der Waals surface area contributed by atoms with Gasteiger partial charge in [0.15, 0.2) is 0 Å². The molecule has 1 atom stereocenters. The highest BCUT2D eigenvalue weighted by Crippen LogP contribution is 2.02. The van der Waals surface area contributed by atoms with E-state index in [-0.39, 0.29) is 6.04 Å². The molecule has 1 aromatic carbocycles. The maximum atomic E-state index is 5.63. The van der Waals surface area contributed by atoms with Crippen LogP contribution >= 0.6 is 12.2 Å². The van der Waals surface area contributed by atoms with Gasteiger partial charge in [-0.3, -0.25) is 0 Å². The Morgan fingerprint density at radius 1 is 1.36 bits per heavy atom. The van der Waals surface area contributed by atoms with Crippen molar-refractivity contribution < 1.29 is 0 Å². The molecule has 11 heavy (non-hydrogen) atoms. The van der Waals surface area contributed by atoms with E-state index in [1.807, 2.05) is 37.3 Å². The van der Waals surface area contributed by atoms with Crippen LogP contribution in [0.15, 0.2) is 30.3 Å². The summed E-state index contributed by atoms with van der Waals surface area (Å²) in [6, 6.07) is 9.81. The molecule has 1 rings (SSSR count). The third-order valence-corrected chi connectivity index (χ3v) is 2.08. The van der Waals surface area contributed by atoms with Crippen LogP contribution in [0.25, 0.3) is 0 Å². The van der Waals surface area contributed by atoms with Crippen LogP contribution in [-0.2, 0) is 0 Å². The molecule has 2 N–H and O–H groups in total. The summed E-state index contributed by atoms with van der Waals surface area (Å²) in [6.45, 7) is 1.90. The highest BCUT2D eigenvalue weighted by Gasteiger charge is 2.03. The minimum absolute atomic E-state index is 0.0348. The third kappa shape index (κ3) is 2.10. The lowest BCUT2D eigenvalue weighted by Crippen LogP contribution is -2.25. The van der Waals surface area contributed by atoms with Gasteiger partial charge in [-0.25, -0.2) is 0 Å². The van der Waals surface area contributed by atoms with Crippen LogP contribution in [0.3, 0.4) is 0 Å². The molecule has 0 heterocycles. The number of hydrogen-bond acceptors (Lipinski definition) is 2. The molecule has 0 amide bonds. The van der Waals surface area contributed by atoms with Crippen molar-refractivity contribution in [3.8, 4) is 0 Å². The molecule has 0 aliphatic rings. The van der Waals surface area contributed by atoms with Crippen LogP contribution in [0.5, 0.6) is 0 Å². The molecular weight excluding hydrogens is 154 g/mol. The molecule has 0 radical (unpaired) electrons. The SMILES string of the molecule is CC(N)C(=S)c1ccccc1. The second kappa shape index (κ2) is 3.60. The highest BCUT2D eigenvalue weighted by atomic mass is 32.1. The van der Waals surface area contributed by atoms with E-state index in [1.54, 1.807) is 0 Å². The zero-order valence-corrected chi connectivity index (χ0v) is 7.27. The summed E-state index contributed by atoms with van der Waals surface area (Å²) in [4.78, 5) is 0.825. The van der Waals surface area contributed by atoms with Gasteiger partial charge in [-0.2, -0.15) is 0 Å². The van der Waals surface area contributed by atoms with Crippen LogP contribution in [0.2, 0.25) is 0 Å². The van der Waals surface area contributed by atoms with E-state index in [0.717, 1.165) is 10.4 Å². The first-order chi connectivity index (χ1) is 5.22. The Labute approximate surface area is 72.2 Å². The van der Waals surface area contributed by atoms with E-state index >= 15 is 0 Å². The van der Waals surface area contributed by atoms with E-state index in [4.69, 9.17) is 18.0 Å². The minimum Gasteiger partial charge on any atom is -0.323 e. The summed E-state index contributed by atoms with van der Waals surface area (Å²) in [5.74, 6) is 0. The van der Waals surface area contributed by atoms with Crippen molar-refractivity contribution in [2.45, 2.75) is 13.0 Å². The van der Waals surface area contributed by atoms with Gasteiger partial charge in [-0.1, -0.05) is 42.5 Å². The number of benzene rings is 1. The van der Waals surface area contributed by atoms with Gasteiger partial charge in [0.05, 0.1) is 0 Å². The number of nitrogens with two attached hydrogens (primary N) is 1. The maximum Gasteiger partial charge on any atom is 0.0389 e. The predicted molar refractivity (Wildman–Crippen MR) is 51.8 cm³/mol. The molecule has 0 aliphatic carbocycles. The number of rotatable bonds is 2. The average Bonchev–Trinajstić information content (AvgIpc) is 2.05. The van der Waals surface area contributed by atoms with Crippen LogP contribution < -0.4 is 5.73 Å². The molecule has 1 aromatic rings. The van der Waals surface area contributed by atoms with Gasteiger partial charge in [0, 0.05) is 10.9 Å². The van der Waals surface area contributed by atoms with Gasteiger partial charge in [0.25, 0.3) is 0 Å².